The molecule has 1 aliphatic rings. The Morgan fingerprint density at radius 2 is 2.15 bits per heavy atom. The molecule has 140 valence electrons. The average Bonchev–Trinajstić information content (AvgIpc) is 3.29. The third-order valence-electron chi connectivity index (χ3n) is 4.44. The quantitative estimate of drug-likeness (QED) is 0.750. The molecule has 0 bridgehead atoms. The van der Waals surface area contributed by atoms with Crippen molar-refractivity contribution in [1.82, 2.24) is 14.7 Å². The second-order valence-corrected chi connectivity index (χ2v) is 7.34. The summed E-state index contributed by atoms with van der Waals surface area (Å²) in [6.45, 7) is 4.66. The molecule has 2 aromatic heterocycles. The number of carbonyl (C=O) groups is 2. The average molecular weight is 376 g/mol. The Balaban J connectivity index is 1.47. The van der Waals surface area contributed by atoms with Gasteiger partial charge in [0.1, 0.15) is 5.82 Å². The number of nitrogens with zero attached hydrogens (tertiary/aromatic N) is 3. The first kappa shape index (κ1) is 18.6. The van der Waals surface area contributed by atoms with Crippen LogP contribution in [-0.4, -0.2) is 52.8 Å². The highest BCUT2D eigenvalue weighted by Gasteiger charge is 2.26. The molecule has 0 spiro atoms. The standard InChI is InChI=1S/C18H24N4O3S/c1-2-25-18(24)14-6-9-21(10-7-14)13-17(23)20-16-5-8-19-22(16)12-15-4-3-11-26-15/h3-5,8,11,14H,2,6-7,9-10,12-13H2,1H3,(H,20,23). The molecule has 0 saturated carbocycles. The van der Waals surface area contributed by atoms with Gasteiger partial charge >= 0.3 is 5.97 Å². The summed E-state index contributed by atoms with van der Waals surface area (Å²) in [6, 6.07) is 5.85. The lowest BCUT2D eigenvalue weighted by molar-refractivity contribution is -0.149. The normalized spacial score (nSPS) is 15.7. The van der Waals surface area contributed by atoms with Crippen molar-refractivity contribution in [1.29, 1.82) is 0 Å². The fourth-order valence-electron chi connectivity index (χ4n) is 3.09. The number of hydrogen-bond donors (Lipinski definition) is 1. The van der Waals surface area contributed by atoms with Crippen molar-refractivity contribution in [2.75, 3.05) is 31.6 Å². The van der Waals surface area contributed by atoms with Gasteiger partial charge in [-0.1, -0.05) is 6.07 Å². The molecule has 1 aliphatic heterocycles. The molecular formula is C18H24N4O3S. The molecule has 1 saturated heterocycles. The van der Waals surface area contributed by atoms with Crippen molar-refractivity contribution in [3.63, 3.8) is 0 Å². The number of thiophene rings is 1. The molecular weight excluding hydrogens is 352 g/mol. The zero-order valence-electron chi connectivity index (χ0n) is 14.9. The van der Waals surface area contributed by atoms with Gasteiger partial charge in [-0.15, -0.1) is 11.3 Å². The van der Waals surface area contributed by atoms with Crippen LogP contribution in [0.5, 0.6) is 0 Å². The number of anilines is 1. The van der Waals surface area contributed by atoms with E-state index in [-0.39, 0.29) is 17.8 Å². The lowest BCUT2D eigenvalue weighted by Gasteiger charge is -2.30. The number of esters is 1. The van der Waals surface area contributed by atoms with E-state index in [9.17, 15) is 9.59 Å². The first-order valence-corrected chi connectivity index (χ1v) is 9.76. The van der Waals surface area contributed by atoms with Crippen LogP contribution in [0.25, 0.3) is 0 Å². The molecule has 2 aromatic rings. The molecule has 0 aliphatic carbocycles. The van der Waals surface area contributed by atoms with E-state index in [2.05, 4.69) is 15.3 Å². The summed E-state index contributed by atoms with van der Waals surface area (Å²) >= 11 is 1.66. The lowest BCUT2D eigenvalue weighted by atomic mass is 9.97. The molecule has 7 nitrogen and oxygen atoms in total. The van der Waals surface area contributed by atoms with Crippen LogP contribution in [0.3, 0.4) is 0 Å². The van der Waals surface area contributed by atoms with E-state index >= 15 is 0 Å². The molecule has 0 aromatic carbocycles. The van der Waals surface area contributed by atoms with Gasteiger partial charge in [0.05, 0.1) is 31.8 Å². The molecule has 3 heterocycles. The van der Waals surface area contributed by atoms with Gasteiger partial charge in [-0.25, -0.2) is 4.68 Å². The predicted octanol–water partition coefficient (Wildman–Crippen LogP) is 2.21. The molecule has 1 fully saturated rings. The monoisotopic (exact) mass is 376 g/mol. The van der Waals surface area contributed by atoms with Crippen molar-refractivity contribution in [3.8, 4) is 0 Å². The second-order valence-electron chi connectivity index (χ2n) is 6.30. The van der Waals surface area contributed by atoms with Crippen LogP contribution < -0.4 is 5.32 Å². The Labute approximate surface area is 156 Å². The van der Waals surface area contributed by atoms with E-state index in [0.29, 0.717) is 25.5 Å². The number of ether oxygens (including phenoxy) is 1. The maximum atomic E-state index is 12.4. The molecule has 0 unspecified atom stereocenters. The van der Waals surface area contributed by atoms with E-state index in [1.54, 1.807) is 28.3 Å². The maximum Gasteiger partial charge on any atom is 0.309 e. The van der Waals surface area contributed by atoms with Gasteiger partial charge in [-0.05, 0) is 44.3 Å². The Bertz CT molecular complexity index is 721. The van der Waals surface area contributed by atoms with E-state index in [4.69, 9.17) is 4.74 Å². The minimum absolute atomic E-state index is 0.0403. The maximum absolute atomic E-state index is 12.4. The summed E-state index contributed by atoms with van der Waals surface area (Å²) in [5.74, 6) is 0.480. The number of piperidine rings is 1. The Kier molecular flexibility index (Phi) is 6.40. The minimum Gasteiger partial charge on any atom is -0.466 e. The van der Waals surface area contributed by atoms with Crippen molar-refractivity contribution in [2.24, 2.45) is 5.92 Å². The summed E-state index contributed by atoms with van der Waals surface area (Å²) in [6.07, 6.45) is 3.17. The van der Waals surface area contributed by atoms with E-state index in [0.717, 1.165) is 25.9 Å². The largest absolute Gasteiger partial charge is 0.466 e. The topological polar surface area (TPSA) is 76.5 Å². The molecule has 3 rings (SSSR count). The van der Waals surface area contributed by atoms with Crippen molar-refractivity contribution >= 4 is 29.0 Å². The fraction of sp³-hybridized carbons (Fsp3) is 0.500. The van der Waals surface area contributed by atoms with Gasteiger partial charge in [0.2, 0.25) is 5.91 Å². The van der Waals surface area contributed by atoms with Gasteiger partial charge in [0.15, 0.2) is 0 Å². The SMILES string of the molecule is CCOC(=O)C1CCN(CC(=O)Nc2ccnn2Cc2cccs2)CC1. The van der Waals surface area contributed by atoms with Crippen molar-refractivity contribution < 1.29 is 14.3 Å². The molecule has 0 radical (unpaired) electrons. The van der Waals surface area contributed by atoms with Crippen LogP contribution in [0, 0.1) is 5.92 Å². The summed E-state index contributed by atoms with van der Waals surface area (Å²) in [4.78, 5) is 27.4. The summed E-state index contributed by atoms with van der Waals surface area (Å²) in [5.41, 5.74) is 0. The summed E-state index contributed by atoms with van der Waals surface area (Å²) < 4.78 is 6.87. The summed E-state index contributed by atoms with van der Waals surface area (Å²) in [7, 11) is 0. The number of carbonyl (C=O) groups excluding carboxylic acids is 2. The van der Waals surface area contributed by atoms with Crippen molar-refractivity contribution in [3.05, 3.63) is 34.7 Å². The zero-order chi connectivity index (χ0) is 18.4. The highest BCUT2D eigenvalue weighted by atomic mass is 32.1. The number of likely N-dealkylation sites (tertiary alicyclic amines) is 1. The minimum atomic E-state index is -0.117. The smallest absolute Gasteiger partial charge is 0.309 e. The van der Waals surface area contributed by atoms with E-state index in [1.807, 2.05) is 24.4 Å². The van der Waals surface area contributed by atoms with Gasteiger partial charge < -0.3 is 10.1 Å². The highest BCUT2D eigenvalue weighted by Crippen LogP contribution is 2.19. The van der Waals surface area contributed by atoms with Crippen LogP contribution in [0.1, 0.15) is 24.6 Å². The lowest BCUT2D eigenvalue weighted by Crippen LogP contribution is -2.41. The predicted molar refractivity (Wildman–Crippen MR) is 100 cm³/mol. The van der Waals surface area contributed by atoms with Gasteiger partial charge in [0.25, 0.3) is 0 Å². The van der Waals surface area contributed by atoms with E-state index in [1.165, 1.54) is 4.88 Å². The second kappa shape index (κ2) is 8.95. The number of hydrogen-bond acceptors (Lipinski definition) is 6. The van der Waals surface area contributed by atoms with Crippen LogP contribution in [0.4, 0.5) is 5.82 Å². The Morgan fingerprint density at radius 1 is 1.35 bits per heavy atom. The molecule has 1 N–H and O–H groups in total. The molecule has 8 heteroatoms. The van der Waals surface area contributed by atoms with Crippen LogP contribution in [-0.2, 0) is 20.9 Å². The molecule has 0 atom stereocenters. The van der Waals surface area contributed by atoms with Gasteiger partial charge in [-0.3, -0.25) is 14.5 Å². The number of amides is 1. The zero-order valence-corrected chi connectivity index (χ0v) is 15.7. The summed E-state index contributed by atoms with van der Waals surface area (Å²) in [5, 5.41) is 9.24. The van der Waals surface area contributed by atoms with Crippen LogP contribution in [0.2, 0.25) is 0 Å². The first-order chi connectivity index (χ1) is 12.7. The first-order valence-electron chi connectivity index (χ1n) is 8.88. The molecule has 26 heavy (non-hydrogen) atoms. The third-order valence-corrected chi connectivity index (χ3v) is 5.31. The number of aromatic nitrogens is 2. The Hall–Kier alpha value is -2.19. The molecule has 1 amide bonds. The van der Waals surface area contributed by atoms with Crippen molar-refractivity contribution in [2.45, 2.75) is 26.3 Å². The van der Waals surface area contributed by atoms with Gasteiger partial charge in [-0.2, -0.15) is 5.10 Å². The Morgan fingerprint density at radius 3 is 2.85 bits per heavy atom. The van der Waals surface area contributed by atoms with Crippen LogP contribution >= 0.6 is 11.3 Å². The third kappa shape index (κ3) is 4.92. The van der Waals surface area contributed by atoms with E-state index < -0.39 is 0 Å². The van der Waals surface area contributed by atoms with Crippen LogP contribution in [0.15, 0.2) is 29.8 Å². The highest BCUT2D eigenvalue weighted by molar-refractivity contribution is 7.09. The fourth-order valence-corrected chi connectivity index (χ4v) is 3.77. The number of nitrogens with one attached hydrogen (secondary N) is 1. The van der Waals surface area contributed by atoms with Gasteiger partial charge in [0, 0.05) is 10.9 Å². The number of rotatable bonds is 7.